The fraction of sp³-hybridized carbons (Fsp3) is 0.118. The van der Waals surface area contributed by atoms with Crippen molar-refractivity contribution in [2.24, 2.45) is 16.0 Å². The summed E-state index contributed by atoms with van der Waals surface area (Å²) in [5, 5.41) is 14.9. The van der Waals surface area contributed by atoms with Crippen molar-refractivity contribution in [3.63, 3.8) is 0 Å². The number of aromatic hydroxyl groups is 1. The van der Waals surface area contributed by atoms with Gasteiger partial charge in [-0.1, -0.05) is 6.07 Å². The zero-order chi connectivity index (χ0) is 16.4. The number of phenols is 1. The summed E-state index contributed by atoms with van der Waals surface area (Å²) in [5.74, 6) is -1.10. The molecule has 1 aliphatic heterocycles. The molecule has 116 valence electrons. The van der Waals surface area contributed by atoms with Crippen LogP contribution in [-0.2, 0) is 4.79 Å². The fourth-order valence-corrected chi connectivity index (χ4v) is 2.25. The molecule has 1 aliphatic rings. The number of hydrazone groups is 1. The van der Waals surface area contributed by atoms with E-state index < -0.39 is 5.92 Å². The molecule has 0 saturated heterocycles. The molecule has 2 aromatic rings. The maximum absolute atomic E-state index is 13.0. The molecular formula is C17H14FN3O2. The van der Waals surface area contributed by atoms with E-state index in [0.717, 1.165) is 0 Å². The maximum atomic E-state index is 13.0. The van der Waals surface area contributed by atoms with Crippen LogP contribution in [-0.4, -0.2) is 22.9 Å². The summed E-state index contributed by atoms with van der Waals surface area (Å²) in [6, 6.07) is 12.0. The summed E-state index contributed by atoms with van der Waals surface area (Å²) < 4.78 is 13.0. The molecule has 0 aromatic heterocycles. The topological polar surface area (TPSA) is 65.3 Å². The first-order valence-corrected chi connectivity index (χ1v) is 7.02. The van der Waals surface area contributed by atoms with Crippen molar-refractivity contribution in [3.8, 4) is 5.75 Å². The van der Waals surface area contributed by atoms with Gasteiger partial charge in [-0.3, -0.25) is 9.79 Å². The van der Waals surface area contributed by atoms with Gasteiger partial charge < -0.3 is 5.11 Å². The number of nitrogens with zero attached hydrogens (tertiary/aromatic N) is 3. The molecule has 1 amide bonds. The van der Waals surface area contributed by atoms with E-state index >= 15 is 0 Å². The molecule has 1 heterocycles. The van der Waals surface area contributed by atoms with Crippen molar-refractivity contribution in [1.82, 2.24) is 0 Å². The van der Waals surface area contributed by atoms with Crippen LogP contribution in [0.25, 0.3) is 0 Å². The van der Waals surface area contributed by atoms with Crippen molar-refractivity contribution < 1.29 is 14.3 Å². The Balaban J connectivity index is 1.81. The molecule has 0 saturated carbocycles. The Labute approximate surface area is 132 Å². The molecule has 0 spiro atoms. The lowest BCUT2D eigenvalue weighted by Gasteiger charge is -2.12. The number of halogens is 1. The van der Waals surface area contributed by atoms with Crippen molar-refractivity contribution in [2.75, 3.05) is 5.01 Å². The van der Waals surface area contributed by atoms with E-state index in [1.54, 1.807) is 25.1 Å². The Morgan fingerprint density at radius 1 is 1.26 bits per heavy atom. The predicted molar refractivity (Wildman–Crippen MR) is 86.7 cm³/mol. The zero-order valence-corrected chi connectivity index (χ0v) is 12.3. The standard InChI is InChI=1S/C17H14FN3O2/c1-11-16(10-19-13-3-2-4-15(22)9-13)17(23)21(20-11)14-7-5-12(18)6-8-14/h2-10,16,22H,1H3. The Hall–Kier alpha value is -3.02. The van der Waals surface area contributed by atoms with Gasteiger partial charge in [0.2, 0.25) is 0 Å². The quantitative estimate of drug-likeness (QED) is 0.884. The Bertz CT molecular complexity index is 800. The number of rotatable bonds is 3. The summed E-state index contributed by atoms with van der Waals surface area (Å²) in [4.78, 5) is 16.7. The van der Waals surface area contributed by atoms with E-state index in [2.05, 4.69) is 10.1 Å². The Morgan fingerprint density at radius 3 is 2.70 bits per heavy atom. The average molecular weight is 311 g/mol. The molecule has 0 radical (unpaired) electrons. The summed E-state index contributed by atoms with van der Waals surface area (Å²) in [7, 11) is 0. The molecular weight excluding hydrogens is 297 g/mol. The van der Waals surface area contributed by atoms with Gasteiger partial charge in [0.1, 0.15) is 17.5 Å². The third kappa shape index (κ3) is 3.11. The van der Waals surface area contributed by atoms with Gasteiger partial charge in [-0.15, -0.1) is 0 Å². The number of anilines is 1. The van der Waals surface area contributed by atoms with Gasteiger partial charge >= 0.3 is 0 Å². The van der Waals surface area contributed by atoms with E-state index in [0.29, 0.717) is 17.1 Å². The van der Waals surface area contributed by atoms with Gasteiger partial charge in [-0.25, -0.2) is 4.39 Å². The van der Waals surface area contributed by atoms with Crippen LogP contribution >= 0.6 is 0 Å². The minimum atomic E-state index is -0.581. The van der Waals surface area contributed by atoms with Gasteiger partial charge in [-0.05, 0) is 43.3 Å². The third-order valence-corrected chi connectivity index (χ3v) is 3.46. The number of aliphatic imine (C=N–C) groups is 1. The molecule has 2 aromatic carbocycles. The molecule has 23 heavy (non-hydrogen) atoms. The number of amides is 1. The van der Waals surface area contributed by atoms with Crippen LogP contribution in [0.15, 0.2) is 58.6 Å². The predicted octanol–water partition coefficient (Wildman–Crippen LogP) is 3.27. The smallest absolute Gasteiger partial charge is 0.261 e. The summed E-state index contributed by atoms with van der Waals surface area (Å²) >= 11 is 0. The molecule has 0 bridgehead atoms. The number of carbonyl (C=O) groups is 1. The third-order valence-electron chi connectivity index (χ3n) is 3.46. The van der Waals surface area contributed by atoms with Crippen LogP contribution in [0.5, 0.6) is 5.75 Å². The average Bonchev–Trinajstić information content (AvgIpc) is 2.81. The van der Waals surface area contributed by atoms with Gasteiger partial charge in [0, 0.05) is 12.3 Å². The van der Waals surface area contributed by atoms with Crippen molar-refractivity contribution >= 4 is 29.2 Å². The number of hydrogen-bond donors (Lipinski definition) is 1. The Morgan fingerprint density at radius 2 is 2.00 bits per heavy atom. The molecule has 1 atom stereocenters. The molecule has 0 fully saturated rings. The Kier molecular flexibility index (Phi) is 3.89. The molecule has 5 nitrogen and oxygen atoms in total. The van der Waals surface area contributed by atoms with E-state index in [1.807, 2.05) is 0 Å². The van der Waals surface area contributed by atoms with Crippen LogP contribution in [0, 0.1) is 11.7 Å². The molecule has 1 unspecified atom stereocenters. The first kappa shape index (κ1) is 14.9. The largest absolute Gasteiger partial charge is 0.508 e. The SMILES string of the molecule is CC1=NN(c2ccc(F)cc2)C(=O)C1C=Nc1cccc(O)c1. The highest BCUT2D eigenvalue weighted by atomic mass is 19.1. The summed E-state index contributed by atoms with van der Waals surface area (Å²) in [6.45, 7) is 1.74. The summed E-state index contributed by atoms with van der Waals surface area (Å²) in [5.41, 5.74) is 1.65. The zero-order valence-electron chi connectivity index (χ0n) is 12.3. The maximum Gasteiger partial charge on any atom is 0.261 e. The first-order valence-electron chi connectivity index (χ1n) is 7.02. The van der Waals surface area contributed by atoms with E-state index in [-0.39, 0.29) is 17.5 Å². The van der Waals surface area contributed by atoms with Crippen LogP contribution in [0.4, 0.5) is 15.8 Å². The van der Waals surface area contributed by atoms with Gasteiger partial charge in [0.15, 0.2) is 0 Å². The number of carbonyl (C=O) groups excluding carboxylic acids is 1. The van der Waals surface area contributed by atoms with Gasteiger partial charge in [0.05, 0.1) is 17.1 Å². The number of benzene rings is 2. The van der Waals surface area contributed by atoms with Crippen molar-refractivity contribution in [1.29, 1.82) is 0 Å². The second-order valence-electron chi connectivity index (χ2n) is 5.14. The van der Waals surface area contributed by atoms with Gasteiger partial charge in [-0.2, -0.15) is 10.1 Å². The van der Waals surface area contributed by atoms with Crippen LogP contribution in [0.2, 0.25) is 0 Å². The minimum Gasteiger partial charge on any atom is -0.508 e. The lowest BCUT2D eigenvalue weighted by atomic mass is 10.1. The monoisotopic (exact) mass is 311 g/mol. The number of hydrogen-bond acceptors (Lipinski definition) is 4. The van der Waals surface area contributed by atoms with Crippen LogP contribution < -0.4 is 5.01 Å². The highest BCUT2D eigenvalue weighted by Crippen LogP contribution is 2.24. The lowest BCUT2D eigenvalue weighted by molar-refractivity contribution is -0.118. The number of phenolic OH excluding ortho intramolecular Hbond substituents is 1. The lowest BCUT2D eigenvalue weighted by Crippen LogP contribution is -2.27. The van der Waals surface area contributed by atoms with E-state index in [1.165, 1.54) is 41.6 Å². The second kappa shape index (κ2) is 6.00. The molecule has 6 heteroatoms. The van der Waals surface area contributed by atoms with Crippen LogP contribution in [0.1, 0.15) is 6.92 Å². The highest BCUT2D eigenvalue weighted by Gasteiger charge is 2.33. The molecule has 3 rings (SSSR count). The molecule has 1 N–H and O–H groups in total. The highest BCUT2D eigenvalue weighted by molar-refractivity contribution is 6.23. The normalized spacial score (nSPS) is 17.8. The second-order valence-corrected chi connectivity index (χ2v) is 5.14. The summed E-state index contributed by atoms with van der Waals surface area (Å²) in [6.07, 6.45) is 1.50. The fourth-order valence-electron chi connectivity index (χ4n) is 2.25. The van der Waals surface area contributed by atoms with E-state index in [9.17, 15) is 14.3 Å². The van der Waals surface area contributed by atoms with Crippen molar-refractivity contribution in [2.45, 2.75) is 6.92 Å². The van der Waals surface area contributed by atoms with Crippen LogP contribution in [0.3, 0.4) is 0 Å². The van der Waals surface area contributed by atoms with E-state index in [4.69, 9.17) is 0 Å². The van der Waals surface area contributed by atoms with Crippen molar-refractivity contribution in [3.05, 3.63) is 54.3 Å². The molecule has 0 aliphatic carbocycles. The van der Waals surface area contributed by atoms with Gasteiger partial charge in [0.25, 0.3) is 5.91 Å². The first-order chi connectivity index (χ1) is 11.0. The minimum absolute atomic E-state index is 0.107.